The fourth-order valence-electron chi connectivity index (χ4n) is 4.20. The van der Waals surface area contributed by atoms with Crippen LogP contribution in [0, 0.1) is 0 Å². The Bertz CT molecular complexity index is 1240. The average Bonchev–Trinajstić information content (AvgIpc) is 3.42. The summed E-state index contributed by atoms with van der Waals surface area (Å²) in [6, 6.07) is 15.9. The molecule has 2 aromatic carbocycles. The summed E-state index contributed by atoms with van der Waals surface area (Å²) >= 11 is 0. The van der Waals surface area contributed by atoms with Gasteiger partial charge in [-0.3, -0.25) is 9.13 Å². The molecule has 7 nitrogen and oxygen atoms in total. The Balaban J connectivity index is 1.69. The van der Waals surface area contributed by atoms with Gasteiger partial charge in [-0.15, -0.1) is 5.10 Å². The maximum atomic E-state index is 13.9. The number of aromatic nitrogens is 6. The van der Waals surface area contributed by atoms with Crippen LogP contribution in [0.1, 0.15) is 50.2 Å². The molecule has 0 saturated heterocycles. The predicted octanol–water partition coefficient (Wildman–Crippen LogP) is 4.55. The van der Waals surface area contributed by atoms with Crippen molar-refractivity contribution >= 4 is 0 Å². The first-order valence-electron chi connectivity index (χ1n) is 10.9. The van der Waals surface area contributed by atoms with Crippen LogP contribution in [0.5, 0.6) is 0 Å². The minimum absolute atomic E-state index is 0.0884. The molecule has 0 radical (unpaired) electrons. The first-order valence-corrected chi connectivity index (χ1v) is 10.9. The highest BCUT2D eigenvalue weighted by atomic mass is 19.1. The topological polar surface area (TPSA) is 81.4 Å². The molecule has 8 heteroatoms. The number of imidazole rings is 1. The van der Waals surface area contributed by atoms with Crippen LogP contribution >= 0.6 is 0 Å². The van der Waals surface area contributed by atoms with E-state index >= 15 is 0 Å². The molecular weight excluding hydrogens is 407 g/mol. The first kappa shape index (κ1) is 21.7. The Kier molecular flexibility index (Phi) is 6.30. The molecule has 1 N–H and O–H groups in total. The summed E-state index contributed by atoms with van der Waals surface area (Å²) in [7, 11) is 0. The second kappa shape index (κ2) is 9.30. The van der Waals surface area contributed by atoms with Gasteiger partial charge >= 0.3 is 5.69 Å². The second-order valence-electron chi connectivity index (χ2n) is 8.10. The van der Waals surface area contributed by atoms with E-state index in [1.165, 1.54) is 0 Å². The maximum absolute atomic E-state index is 13.9. The minimum atomic E-state index is -0.637. The maximum Gasteiger partial charge on any atom is 0.329 e. The third kappa shape index (κ3) is 4.00. The summed E-state index contributed by atoms with van der Waals surface area (Å²) in [5.41, 5.74) is 5.06. The van der Waals surface area contributed by atoms with Crippen LogP contribution in [0.4, 0.5) is 4.39 Å². The zero-order chi connectivity index (χ0) is 22.7. The summed E-state index contributed by atoms with van der Waals surface area (Å²) in [4.78, 5) is 13.1. The highest BCUT2D eigenvalue weighted by Crippen LogP contribution is 2.30. The van der Waals surface area contributed by atoms with Crippen molar-refractivity contribution < 1.29 is 4.39 Å². The predicted molar refractivity (Wildman–Crippen MR) is 122 cm³/mol. The van der Waals surface area contributed by atoms with Crippen molar-refractivity contribution in [3.05, 3.63) is 76.0 Å². The molecule has 0 unspecified atom stereocenters. The monoisotopic (exact) mass is 434 g/mol. The van der Waals surface area contributed by atoms with Crippen molar-refractivity contribution in [2.75, 3.05) is 0 Å². The van der Waals surface area contributed by atoms with Gasteiger partial charge in [0, 0.05) is 17.3 Å². The van der Waals surface area contributed by atoms with E-state index in [9.17, 15) is 9.18 Å². The molecule has 2 heterocycles. The average molecular weight is 435 g/mol. The molecule has 4 aromatic rings. The zero-order valence-electron chi connectivity index (χ0n) is 18.5. The molecule has 0 spiro atoms. The standard InChI is InChI=1S/C24H27FN6O/c1-4-7-21-22(14-25)31(16(2)3)24(32)30(21)15-17-10-12-18(13-11-17)19-8-5-6-9-20(19)23-26-28-29-27-23/h5-6,8-13,16H,4,7,14-15H2,1-3H3,(H,26,27,28,29). The van der Waals surface area contributed by atoms with Gasteiger partial charge in [0.1, 0.15) is 6.67 Å². The van der Waals surface area contributed by atoms with E-state index in [-0.39, 0.29) is 11.7 Å². The summed E-state index contributed by atoms with van der Waals surface area (Å²) in [5, 5.41) is 14.2. The van der Waals surface area contributed by atoms with Crippen LogP contribution in [-0.2, 0) is 19.6 Å². The van der Waals surface area contributed by atoms with Crippen LogP contribution in [0.2, 0.25) is 0 Å². The lowest BCUT2D eigenvalue weighted by Gasteiger charge is -2.10. The number of halogens is 1. The largest absolute Gasteiger partial charge is 0.329 e. The second-order valence-corrected chi connectivity index (χ2v) is 8.10. The lowest BCUT2D eigenvalue weighted by Crippen LogP contribution is -2.27. The summed E-state index contributed by atoms with van der Waals surface area (Å²) in [5.74, 6) is 0.606. The highest BCUT2D eigenvalue weighted by molar-refractivity contribution is 5.80. The van der Waals surface area contributed by atoms with Gasteiger partial charge in [-0.25, -0.2) is 14.3 Å². The van der Waals surface area contributed by atoms with Crippen LogP contribution in [0.3, 0.4) is 0 Å². The van der Waals surface area contributed by atoms with Gasteiger partial charge < -0.3 is 0 Å². The van der Waals surface area contributed by atoms with Crippen LogP contribution in [0.25, 0.3) is 22.5 Å². The quantitative estimate of drug-likeness (QED) is 0.441. The number of aromatic amines is 1. The lowest BCUT2D eigenvalue weighted by atomic mass is 9.98. The molecule has 0 bridgehead atoms. The number of hydrogen-bond acceptors (Lipinski definition) is 4. The van der Waals surface area contributed by atoms with E-state index in [0.29, 0.717) is 24.5 Å². The molecule has 32 heavy (non-hydrogen) atoms. The number of H-pyrrole nitrogens is 1. The fourth-order valence-corrected chi connectivity index (χ4v) is 4.20. The molecule has 2 aromatic heterocycles. The van der Waals surface area contributed by atoms with E-state index in [0.717, 1.165) is 34.4 Å². The van der Waals surface area contributed by atoms with Gasteiger partial charge in [-0.1, -0.05) is 61.9 Å². The van der Waals surface area contributed by atoms with E-state index in [1.54, 1.807) is 9.13 Å². The normalized spacial score (nSPS) is 11.4. The van der Waals surface area contributed by atoms with Crippen molar-refractivity contribution in [1.29, 1.82) is 0 Å². The van der Waals surface area contributed by atoms with Gasteiger partial charge in [0.05, 0.1) is 12.2 Å². The Morgan fingerprint density at radius 1 is 1.03 bits per heavy atom. The molecule has 0 aliphatic carbocycles. The lowest BCUT2D eigenvalue weighted by molar-refractivity contribution is 0.436. The van der Waals surface area contributed by atoms with E-state index in [1.807, 2.05) is 69.3 Å². The number of hydrogen-bond donors (Lipinski definition) is 1. The SMILES string of the molecule is CCCc1c(CF)n(C(C)C)c(=O)n1Cc1ccc(-c2ccccc2-c2nnn[nH]2)cc1. The fraction of sp³-hybridized carbons (Fsp3) is 0.333. The number of nitrogens with zero attached hydrogens (tertiary/aromatic N) is 5. The molecule has 0 aliphatic heterocycles. The van der Waals surface area contributed by atoms with Crippen LogP contribution < -0.4 is 5.69 Å². The van der Waals surface area contributed by atoms with Gasteiger partial charge in [-0.2, -0.15) is 0 Å². The molecule has 0 atom stereocenters. The molecule has 0 fully saturated rings. The Labute approximate surface area is 185 Å². The summed E-state index contributed by atoms with van der Waals surface area (Å²) in [6.07, 6.45) is 1.52. The van der Waals surface area contributed by atoms with Crippen molar-refractivity contribution in [1.82, 2.24) is 29.8 Å². The van der Waals surface area contributed by atoms with E-state index < -0.39 is 6.67 Å². The number of rotatable bonds is 8. The van der Waals surface area contributed by atoms with E-state index in [4.69, 9.17) is 0 Å². The van der Waals surface area contributed by atoms with Crippen LogP contribution in [-0.4, -0.2) is 29.8 Å². The van der Waals surface area contributed by atoms with E-state index in [2.05, 4.69) is 20.6 Å². The van der Waals surface area contributed by atoms with Crippen molar-refractivity contribution in [2.24, 2.45) is 0 Å². The molecule has 4 rings (SSSR count). The molecule has 0 amide bonds. The minimum Gasteiger partial charge on any atom is -0.292 e. The highest BCUT2D eigenvalue weighted by Gasteiger charge is 2.21. The van der Waals surface area contributed by atoms with Gasteiger partial charge in [0.25, 0.3) is 0 Å². The Morgan fingerprint density at radius 2 is 1.75 bits per heavy atom. The number of alkyl halides is 1. The van der Waals surface area contributed by atoms with Gasteiger partial charge in [-0.05, 0) is 47.4 Å². The third-order valence-electron chi connectivity index (χ3n) is 5.65. The molecular formula is C24H27FN6O. The summed E-state index contributed by atoms with van der Waals surface area (Å²) < 4.78 is 17.2. The first-order chi connectivity index (χ1) is 15.5. The molecule has 166 valence electrons. The van der Waals surface area contributed by atoms with Crippen molar-refractivity contribution in [2.45, 2.75) is 52.9 Å². The number of tetrazole rings is 1. The molecule has 0 aliphatic rings. The van der Waals surface area contributed by atoms with Crippen LogP contribution in [0.15, 0.2) is 53.3 Å². The number of nitrogens with one attached hydrogen (secondary N) is 1. The zero-order valence-corrected chi connectivity index (χ0v) is 18.5. The van der Waals surface area contributed by atoms with Crippen molar-refractivity contribution in [3.8, 4) is 22.5 Å². The number of benzene rings is 2. The molecule has 0 saturated carbocycles. The third-order valence-corrected chi connectivity index (χ3v) is 5.65. The Hall–Kier alpha value is -3.55. The smallest absolute Gasteiger partial charge is 0.292 e. The van der Waals surface area contributed by atoms with Gasteiger partial charge in [0.15, 0.2) is 5.82 Å². The van der Waals surface area contributed by atoms with Gasteiger partial charge in [0.2, 0.25) is 0 Å². The Morgan fingerprint density at radius 3 is 2.34 bits per heavy atom. The van der Waals surface area contributed by atoms with Crippen molar-refractivity contribution in [3.63, 3.8) is 0 Å². The summed E-state index contributed by atoms with van der Waals surface area (Å²) in [6.45, 7) is 5.64.